The van der Waals surface area contributed by atoms with Crippen LogP contribution in [0.1, 0.15) is 108 Å². The minimum atomic E-state index is 0.0382. The number of aryl methyl sites for hydroxylation is 1. The molecule has 0 spiro atoms. The van der Waals surface area contributed by atoms with Crippen molar-refractivity contribution in [2.45, 2.75) is 92.4 Å². The number of hydrogen-bond acceptors (Lipinski definition) is 2. The lowest BCUT2D eigenvalue weighted by Gasteiger charge is -2.23. The van der Waals surface area contributed by atoms with Crippen LogP contribution in [0.15, 0.2) is 60.8 Å². The van der Waals surface area contributed by atoms with E-state index in [2.05, 4.69) is 124 Å². The van der Waals surface area contributed by atoms with Gasteiger partial charge in [-0.25, -0.2) is 0 Å². The number of rotatable bonds is 5. The van der Waals surface area contributed by atoms with Crippen molar-refractivity contribution >= 4 is 32.2 Å². The monoisotopic (exact) mass is 533 g/mol. The van der Waals surface area contributed by atoms with Gasteiger partial charge in [-0.2, -0.15) is 0 Å². The summed E-state index contributed by atoms with van der Waals surface area (Å²) in [6.45, 7) is 23.2. The van der Waals surface area contributed by atoms with Gasteiger partial charge in [0, 0.05) is 16.6 Å². The smallest absolute Gasteiger partial charge is 0.0880 e. The van der Waals surface area contributed by atoms with E-state index in [9.17, 15) is 0 Å². The zero-order valence-electron chi connectivity index (χ0n) is 25.4. The zero-order valence-corrected chi connectivity index (χ0v) is 26.2. The van der Waals surface area contributed by atoms with Crippen LogP contribution in [0.5, 0.6) is 0 Å². The van der Waals surface area contributed by atoms with Crippen molar-refractivity contribution in [1.82, 2.24) is 4.98 Å². The number of pyridine rings is 1. The number of hydrogen-bond donors (Lipinski definition) is 0. The number of fused-ring (bicyclic) bond motifs is 2. The molecule has 0 aliphatic carbocycles. The van der Waals surface area contributed by atoms with Gasteiger partial charge in [-0.3, -0.25) is 4.98 Å². The summed E-state index contributed by atoms with van der Waals surface area (Å²) in [6, 6.07) is 20.6. The van der Waals surface area contributed by atoms with Gasteiger partial charge < -0.3 is 0 Å². The van der Waals surface area contributed by atoms with Gasteiger partial charge in [0.05, 0.1) is 10.4 Å². The first-order valence-electron chi connectivity index (χ1n) is 14.5. The van der Waals surface area contributed by atoms with Gasteiger partial charge >= 0.3 is 0 Å². The number of nitrogens with zero attached hydrogens (tertiary/aromatic N) is 1. The highest BCUT2D eigenvalue weighted by Crippen LogP contribution is 2.48. The summed E-state index contributed by atoms with van der Waals surface area (Å²) in [4.78, 5) is 6.42. The molecule has 2 heteroatoms. The SMILES string of the molecule is Cc1c(-c2c(C(C)C)cc(C(C)C)cc2C(C)C)sc2c(-c3cc(C(C)(C)C)c4ccccc4c3)nccc12. The second-order valence-electron chi connectivity index (χ2n) is 13.1. The summed E-state index contributed by atoms with van der Waals surface area (Å²) < 4.78 is 1.29. The molecule has 0 unspecified atom stereocenters. The first kappa shape index (κ1) is 27.6. The molecular weight excluding hydrogens is 490 g/mol. The molecule has 0 saturated heterocycles. The van der Waals surface area contributed by atoms with Crippen LogP contribution in [0.25, 0.3) is 42.6 Å². The fourth-order valence-electron chi connectivity index (χ4n) is 5.88. The van der Waals surface area contributed by atoms with Crippen molar-refractivity contribution in [3.8, 4) is 21.7 Å². The molecule has 0 aliphatic heterocycles. The third-order valence-electron chi connectivity index (χ3n) is 8.16. The number of aromatic nitrogens is 1. The molecule has 5 rings (SSSR count). The molecule has 5 aromatic rings. The quantitative estimate of drug-likeness (QED) is 0.219. The molecule has 0 radical (unpaired) electrons. The van der Waals surface area contributed by atoms with E-state index in [1.807, 2.05) is 17.5 Å². The lowest BCUT2D eigenvalue weighted by molar-refractivity contribution is 0.596. The Morgan fingerprint density at radius 2 is 1.38 bits per heavy atom. The minimum Gasteiger partial charge on any atom is -0.255 e. The first-order valence-corrected chi connectivity index (χ1v) is 15.3. The first-order chi connectivity index (χ1) is 18.4. The molecule has 1 nitrogen and oxygen atoms in total. The number of thiophene rings is 1. The van der Waals surface area contributed by atoms with E-state index < -0.39 is 0 Å². The maximum absolute atomic E-state index is 5.02. The second-order valence-corrected chi connectivity index (χ2v) is 14.1. The van der Waals surface area contributed by atoms with Crippen LogP contribution in [0.3, 0.4) is 0 Å². The number of benzene rings is 3. The van der Waals surface area contributed by atoms with Crippen LogP contribution in [0.4, 0.5) is 0 Å². The minimum absolute atomic E-state index is 0.0382. The Labute approximate surface area is 239 Å². The van der Waals surface area contributed by atoms with E-state index in [0.29, 0.717) is 17.8 Å². The van der Waals surface area contributed by atoms with Crippen LogP contribution in [0, 0.1) is 6.92 Å². The average molecular weight is 534 g/mol. The van der Waals surface area contributed by atoms with Crippen LogP contribution in [-0.4, -0.2) is 4.98 Å². The molecule has 0 bridgehead atoms. The predicted octanol–water partition coefficient (Wildman–Crippen LogP) is 11.8. The Balaban J connectivity index is 1.81. The molecular formula is C37H43NS. The van der Waals surface area contributed by atoms with Gasteiger partial charge in [-0.05, 0) is 97.8 Å². The third-order valence-corrected chi connectivity index (χ3v) is 9.49. The van der Waals surface area contributed by atoms with E-state index in [-0.39, 0.29) is 5.41 Å². The van der Waals surface area contributed by atoms with Crippen LogP contribution < -0.4 is 0 Å². The van der Waals surface area contributed by atoms with Gasteiger partial charge in [0.25, 0.3) is 0 Å². The van der Waals surface area contributed by atoms with Crippen molar-refractivity contribution in [2.24, 2.45) is 0 Å². The van der Waals surface area contributed by atoms with Crippen molar-refractivity contribution < 1.29 is 0 Å². The Kier molecular flexibility index (Phi) is 7.22. The van der Waals surface area contributed by atoms with Crippen molar-refractivity contribution in [3.05, 3.63) is 88.6 Å². The van der Waals surface area contributed by atoms with Crippen LogP contribution in [0.2, 0.25) is 0 Å². The summed E-state index contributed by atoms with van der Waals surface area (Å²) in [5.74, 6) is 1.42. The average Bonchev–Trinajstić information content (AvgIpc) is 3.22. The van der Waals surface area contributed by atoms with Crippen LogP contribution >= 0.6 is 11.3 Å². The second kappa shape index (κ2) is 10.2. The molecule has 0 aliphatic rings. The molecule has 2 heterocycles. The van der Waals surface area contributed by atoms with Crippen molar-refractivity contribution in [2.75, 3.05) is 0 Å². The van der Waals surface area contributed by atoms with Gasteiger partial charge in [0.15, 0.2) is 0 Å². The Morgan fingerprint density at radius 1 is 0.744 bits per heavy atom. The van der Waals surface area contributed by atoms with E-state index >= 15 is 0 Å². The highest BCUT2D eigenvalue weighted by atomic mass is 32.1. The fraction of sp³-hybridized carbons (Fsp3) is 0.378. The third kappa shape index (κ3) is 4.93. The molecule has 3 aromatic carbocycles. The predicted molar refractivity (Wildman–Crippen MR) is 174 cm³/mol. The molecule has 0 fully saturated rings. The Morgan fingerprint density at radius 3 is 1.97 bits per heavy atom. The van der Waals surface area contributed by atoms with Gasteiger partial charge in [-0.15, -0.1) is 11.3 Å². The molecule has 0 amide bonds. The standard InChI is InChI=1S/C37H43NS/c1-21(2)26-18-30(22(3)4)33(31(19-26)23(5)6)35-24(7)28-15-16-38-34(36(28)39-35)27-17-25-13-11-12-14-29(25)32(20-27)37(8,9)10/h11-23H,1-10H3. The van der Waals surface area contributed by atoms with Gasteiger partial charge in [0.1, 0.15) is 0 Å². The Hall–Kier alpha value is -2.97. The maximum atomic E-state index is 5.02. The highest BCUT2D eigenvalue weighted by molar-refractivity contribution is 7.23. The normalized spacial score (nSPS) is 12.5. The molecule has 0 saturated carbocycles. The topological polar surface area (TPSA) is 12.9 Å². The Bertz CT molecular complexity index is 1640. The lowest BCUT2D eigenvalue weighted by atomic mass is 9.82. The molecule has 39 heavy (non-hydrogen) atoms. The van der Waals surface area contributed by atoms with E-state index in [1.165, 1.54) is 64.7 Å². The van der Waals surface area contributed by atoms with E-state index in [1.54, 1.807) is 0 Å². The van der Waals surface area contributed by atoms with E-state index in [4.69, 9.17) is 4.98 Å². The summed E-state index contributed by atoms with van der Waals surface area (Å²) >= 11 is 1.93. The largest absolute Gasteiger partial charge is 0.255 e. The highest BCUT2D eigenvalue weighted by Gasteiger charge is 2.24. The van der Waals surface area contributed by atoms with Gasteiger partial charge in [-0.1, -0.05) is 98.7 Å². The van der Waals surface area contributed by atoms with Gasteiger partial charge in [0.2, 0.25) is 0 Å². The lowest BCUT2D eigenvalue weighted by Crippen LogP contribution is -2.12. The van der Waals surface area contributed by atoms with Crippen molar-refractivity contribution in [3.63, 3.8) is 0 Å². The van der Waals surface area contributed by atoms with Crippen LogP contribution in [-0.2, 0) is 5.41 Å². The molecule has 202 valence electrons. The zero-order chi connectivity index (χ0) is 28.2. The fourth-order valence-corrected chi connectivity index (χ4v) is 7.28. The maximum Gasteiger partial charge on any atom is 0.0880 e. The summed E-state index contributed by atoms with van der Waals surface area (Å²) in [5, 5.41) is 3.93. The molecule has 0 atom stereocenters. The van der Waals surface area contributed by atoms with Crippen molar-refractivity contribution in [1.29, 1.82) is 0 Å². The summed E-state index contributed by atoms with van der Waals surface area (Å²) in [6.07, 6.45) is 2.00. The summed E-state index contributed by atoms with van der Waals surface area (Å²) in [7, 11) is 0. The summed E-state index contributed by atoms with van der Waals surface area (Å²) in [5.41, 5.74) is 10.9. The van der Waals surface area contributed by atoms with E-state index in [0.717, 1.165) is 5.69 Å². The molecule has 0 N–H and O–H groups in total. The molecule has 2 aromatic heterocycles.